The lowest BCUT2D eigenvalue weighted by Gasteiger charge is -2.07. The number of esters is 1. The highest BCUT2D eigenvalue weighted by Gasteiger charge is 2.07. The number of rotatable bonds is 9. The molecule has 0 aliphatic rings. The van der Waals surface area contributed by atoms with Gasteiger partial charge in [0.2, 0.25) is 5.13 Å². The van der Waals surface area contributed by atoms with Gasteiger partial charge in [-0.2, -0.15) is 5.10 Å². The number of hydrogen-bond acceptors (Lipinski definition) is 7. The van der Waals surface area contributed by atoms with Crippen molar-refractivity contribution < 1.29 is 14.3 Å². The molecule has 0 fully saturated rings. The Bertz CT molecular complexity index is 973. The van der Waals surface area contributed by atoms with E-state index < -0.39 is 0 Å². The molecule has 1 N–H and O–H groups in total. The van der Waals surface area contributed by atoms with Crippen LogP contribution in [0.25, 0.3) is 0 Å². The topological polar surface area (TPSA) is 72.8 Å². The zero-order valence-corrected chi connectivity index (χ0v) is 18.2. The molecule has 0 aliphatic carbocycles. The van der Waals surface area contributed by atoms with E-state index in [1.54, 1.807) is 13.1 Å². The maximum Gasteiger partial charge on any atom is 0.311 e. The molecule has 3 aromatic rings. The number of anilines is 1. The summed E-state index contributed by atoms with van der Waals surface area (Å²) in [5.74, 6) is 0.482. The number of carbonyl (C=O) groups is 1. The van der Waals surface area contributed by atoms with Crippen LogP contribution in [0.2, 0.25) is 0 Å². The van der Waals surface area contributed by atoms with Gasteiger partial charge in [0.25, 0.3) is 0 Å². The van der Waals surface area contributed by atoms with Crippen molar-refractivity contribution in [3.63, 3.8) is 0 Å². The summed E-state index contributed by atoms with van der Waals surface area (Å²) in [4.78, 5) is 15.8. The molecule has 0 aliphatic heterocycles. The van der Waals surface area contributed by atoms with Crippen molar-refractivity contribution in [1.29, 1.82) is 0 Å². The van der Waals surface area contributed by atoms with Crippen LogP contribution in [0.4, 0.5) is 5.13 Å². The number of nitrogens with one attached hydrogen (secondary N) is 1. The van der Waals surface area contributed by atoms with Gasteiger partial charge in [-0.3, -0.25) is 10.2 Å². The Morgan fingerprint density at radius 3 is 2.90 bits per heavy atom. The van der Waals surface area contributed by atoms with Crippen LogP contribution < -0.4 is 10.2 Å². The van der Waals surface area contributed by atoms with Crippen LogP contribution in [0.5, 0.6) is 5.75 Å². The monoisotopic (exact) mass is 473 g/mol. The van der Waals surface area contributed by atoms with Crippen LogP contribution in [-0.2, 0) is 22.6 Å². The number of hydrazone groups is 1. The van der Waals surface area contributed by atoms with Crippen LogP contribution >= 0.6 is 27.3 Å². The van der Waals surface area contributed by atoms with Gasteiger partial charge in [-0.15, -0.1) is 11.3 Å². The predicted octanol–water partition coefficient (Wildman–Crippen LogP) is 5.04. The summed E-state index contributed by atoms with van der Waals surface area (Å²) in [7, 11) is 0. The maximum absolute atomic E-state index is 11.5. The number of nitrogens with zero attached hydrogens (tertiary/aromatic N) is 2. The van der Waals surface area contributed by atoms with E-state index in [1.807, 2.05) is 53.9 Å². The molecule has 0 amide bonds. The second-order valence-corrected chi connectivity index (χ2v) is 7.76. The second kappa shape index (κ2) is 10.7. The summed E-state index contributed by atoms with van der Waals surface area (Å²) in [5, 5.41) is 6.63. The van der Waals surface area contributed by atoms with Crippen molar-refractivity contribution >= 4 is 44.6 Å². The van der Waals surface area contributed by atoms with Crippen molar-refractivity contribution in [3.05, 3.63) is 75.2 Å². The Balaban J connectivity index is 1.52. The fourth-order valence-corrected chi connectivity index (χ4v) is 3.32. The first-order valence-electron chi connectivity index (χ1n) is 8.99. The van der Waals surface area contributed by atoms with Crippen LogP contribution in [0.3, 0.4) is 0 Å². The van der Waals surface area contributed by atoms with E-state index >= 15 is 0 Å². The van der Waals surface area contributed by atoms with E-state index in [-0.39, 0.29) is 12.4 Å². The van der Waals surface area contributed by atoms with E-state index in [0.717, 1.165) is 21.3 Å². The minimum Gasteiger partial charge on any atom is -0.489 e. The molecule has 0 atom stereocenters. The second-order valence-electron chi connectivity index (χ2n) is 5.98. The third kappa shape index (κ3) is 6.99. The number of ether oxygens (including phenoxy) is 2. The third-order valence-corrected chi connectivity index (χ3v) is 5.06. The highest BCUT2D eigenvalue weighted by Crippen LogP contribution is 2.18. The average Bonchev–Trinajstić information content (AvgIpc) is 3.15. The molecule has 0 saturated heterocycles. The summed E-state index contributed by atoms with van der Waals surface area (Å²) in [6.45, 7) is 2.64. The van der Waals surface area contributed by atoms with E-state index in [4.69, 9.17) is 9.47 Å². The van der Waals surface area contributed by atoms with Crippen molar-refractivity contribution in [2.75, 3.05) is 12.0 Å². The van der Waals surface area contributed by atoms with Crippen molar-refractivity contribution in [3.8, 4) is 5.75 Å². The molecular formula is C21H20BrN3O3S. The highest BCUT2D eigenvalue weighted by atomic mass is 79.9. The van der Waals surface area contributed by atoms with E-state index in [1.165, 1.54) is 11.3 Å². The van der Waals surface area contributed by atoms with Gasteiger partial charge in [-0.05, 0) is 42.3 Å². The molecule has 150 valence electrons. The zero-order valence-electron chi connectivity index (χ0n) is 15.8. The Hall–Kier alpha value is -2.71. The summed E-state index contributed by atoms with van der Waals surface area (Å²) in [6.07, 6.45) is 1.85. The molecule has 0 unspecified atom stereocenters. The molecule has 0 spiro atoms. The standard InChI is InChI=1S/C21H20BrN3O3S/c1-2-27-20(26)11-18-14-29-21(24-18)25-23-12-16-4-3-5-19(10-16)28-13-15-6-8-17(22)9-7-15/h3-10,12,14H,2,11,13H2,1H3,(H,24,25). The van der Waals surface area contributed by atoms with Gasteiger partial charge in [0.1, 0.15) is 12.4 Å². The zero-order chi connectivity index (χ0) is 20.5. The van der Waals surface area contributed by atoms with Crippen LogP contribution in [-0.4, -0.2) is 23.8 Å². The molecule has 1 heterocycles. The Kier molecular flexibility index (Phi) is 7.77. The molecule has 0 bridgehead atoms. The predicted molar refractivity (Wildman–Crippen MR) is 119 cm³/mol. The summed E-state index contributed by atoms with van der Waals surface area (Å²) in [5.41, 5.74) is 5.53. The first-order chi connectivity index (χ1) is 14.1. The number of carbonyl (C=O) groups excluding carboxylic acids is 1. The van der Waals surface area contributed by atoms with Gasteiger partial charge in [0.05, 0.1) is 24.9 Å². The maximum atomic E-state index is 11.5. The molecule has 3 rings (SSSR count). The molecule has 6 nitrogen and oxygen atoms in total. The van der Waals surface area contributed by atoms with Gasteiger partial charge in [-0.1, -0.05) is 40.2 Å². The number of halogens is 1. The first-order valence-corrected chi connectivity index (χ1v) is 10.7. The van der Waals surface area contributed by atoms with Crippen LogP contribution in [0.1, 0.15) is 23.7 Å². The quantitative estimate of drug-likeness (QED) is 0.267. The molecule has 29 heavy (non-hydrogen) atoms. The van der Waals surface area contributed by atoms with Gasteiger partial charge in [0.15, 0.2) is 0 Å². The average molecular weight is 474 g/mol. The highest BCUT2D eigenvalue weighted by molar-refractivity contribution is 9.10. The molecule has 1 aromatic heterocycles. The number of aromatic nitrogens is 1. The third-order valence-electron chi connectivity index (χ3n) is 3.73. The minimum atomic E-state index is -0.284. The smallest absolute Gasteiger partial charge is 0.311 e. The Morgan fingerprint density at radius 1 is 1.28 bits per heavy atom. The van der Waals surface area contributed by atoms with Gasteiger partial charge in [-0.25, -0.2) is 4.98 Å². The van der Waals surface area contributed by atoms with E-state index in [2.05, 4.69) is 31.4 Å². The number of hydrogen-bond donors (Lipinski definition) is 1. The van der Waals surface area contributed by atoms with Crippen molar-refractivity contribution in [1.82, 2.24) is 4.98 Å². The van der Waals surface area contributed by atoms with Crippen molar-refractivity contribution in [2.45, 2.75) is 20.0 Å². The van der Waals surface area contributed by atoms with Crippen molar-refractivity contribution in [2.24, 2.45) is 5.10 Å². The molecule has 2 aromatic carbocycles. The van der Waals surface area contributed by atoms with Gasteiger partial charge < -0.3 is 9.47 Å². The minimum absolute atomic E-state index is 0.160. The lowest BCUT2D eigenvalue weighted by molar-refractivity contribution is -0.142. The van der Waals surface area contributed by atoms with E-state index in [9.17, 15) is 4.79 Å². The molecule has 8 heteroatoms. The SMILES string of the molecule is CCOC(=O)Cc1csc(NN=Cc2cccc(OCc3ccc(Br)cc3)c2)n1. The first kappa shape index (κ1) is 21.0. The van der Waals surface area contributed by atoms with E-state index in [0.29, 0.717) is 24.0 Å². The fourth-order valence-electron chi connectivity index (χ4n) is 2.39. The summed E-state index contributed by atoms with van der Waals surface area (Å²) < 4.78 is 11.8. The largest absolute Gasteiger partial charge is 0.489 e. The molecule has 0 radical (unpaired) electrons. The number of benzene rings is 2. The molecule has 0 saturated carbocycles. The lowest BCUT2D eigenvalue weighted by atomic mass is 10.2. The lowest BCUT2D eigenvalue weighted by Crippen LogP contribution is -2.07. The Labute approximate surface area is 181 Å². The van der Waals surface area contributed by atoms with Gasteiger partial charge >= 0.3 is 5.97 Å². The van der Waals surface area contributed by atoms with Crippen LogP contribution in [0.15, 0.2) is 63.5 Å². The summed E-state index contributed by atoms with van der Waals surface area (Å²) >= 11 is 4.81. The van der Waals surface area contributed by atoms with Crippen LogP contribution in [0, 0.1) is 0 Å². The number of thiazole rings is 1. The molecular weight excluding hydrogens is 454 g/mol. The Morgan fingerprint density at radius 2 is 2.10 bits per heavy atom. The normalized spacial score (nSPS) is 10.8. The summed E-state index contributed by atoms with van der Waals surface area (Å²) in [6, 6.07) is 15.7. The van der Waals surface area contributed by atoms with Gasteiger partial charge in [0, 0.05) is 9.85 Å². The fraction of sp³-hybridized carbons (Fsp3) is 0.190.